The third kappa shape index (κ3) is 5.55. The highest BCUT2D eigenvalue weighted by Crippen LogP contribution is 2.27. The average Bonchev–Trinajstić information content (AvgIpc) is 2.78. The maximum Gasteiger partial charge on any atom is 0.307 e. The Balaban J connectivity index is 1.94. The predicted octanol–water partition coefficient (Wildman–Crippen LogP) is 4.41. The van der Waals surface area contributed by atoms with Crippen LogP contribution in [-0.4, -0.2) is 30.4 Å². The number of hydrogen-bond acceptors (Lipinski definition) is 3. The van der Waals surface area contributed by atoms with Crippen molar-refractivity contribution in [1.82, 2.24) is 4.90 Å². The first-order valence-corrected chi connectivity index (χ1v) is 9.68. The zero-order chi connectivity index (χ0) is 20.5. The van der Waals surface area contributed by atoms with Crippen LogP contribution in [0.3, 0.4) is 0 Å². The van der Waals surface area contributed by atoms with Gasteiger partial charge in [-0.05, 0) is 16.7 Å². The van der Waals surface area contributed by atoms with E-state index in [1.807, 2.05) is 91.0 Å². The molecule has 0 bridgehead atoms. The molecule has 0 radical (unpaired) electrons. The van der Waals surface area contributed by atoms with Crippen molar-refractivity contribution in [3.63, 3.8) is 0 Å². The van der Waals surface area contributed by atoms with Gasteiger partial charge < -0.3 is 9.64 Å². The van der Waals surface area contributed by atoms with Crippen molar-refractivity contribution in [3.05, 3.63) is 108 Å². The number of amides is 1. The van der Waals surface area contributed by atoms with Crippen LogP contribution >= 0.6 is 0 Å². The fourth-order valence-corrected chi connectivity index (χ4v) is 3.35. The minimum atomic E-state index is -0.432. The lowest BCUT2D eigenvalue weighted by Gasteiger charge is -2.28. The predicted molar refractivity (Wildman–Crippen MR) is 113 cm³/mol. The van der Waals surface area contributed by atoms with E-state index in [2.05, 4.69) is 0 Å². The lowest BCUT2D eigenvalue weighted by Crippen LogP contribution is -2.37. The Morgan fingerprint density at radius 1 is 0.793 bits per heavy atom. The summed E-state index contributed by atoms with van der Waals surface area (Å²) in [6, 6.07) is 29.3. The Bertz CT molecular complexity index is 871. The molecule has 0 aliphatic carbocycles. The second-order valence-electron chi connectivity index (χ2n) is 6.83. The van der Waals surface area contributed by atoms with Crippen molar-refractivity contribution >= 4 is 11.9 Å². The van der Waals surface area contributed by atoms with Gasteiger partial charge in [-0.15, -0.1) is 0 Å². The number of benzene rings is 3. The van der Waals surface area contributed by atoms with Gasteiger partial charge in [0, 0.05) is 13.1 Å². The summed E-state index contributed by atoms with van der Waals surface area (Å²) in [6.45, 7) is 0.739. The molecule has 4 nitrogen and oxygen atoms in total. The molecule has 3 aromatic carbocycles. The number of methoxy groups -OCH3 is 1. The highest BCUT2D eigenvalue weighted by Gasteiger charge is 2.28. The zero-order valence-corrected chi connectivity index (χ0v) is 16.5. The van der Waals surface area contributed by atoms with Crippen molar-refractivity contribution in [1.29, 1.82) is 0 Å². The fourth-order valence-electron chi connectivity index (χ4n) is 3.35. The standard InChI is InChI=1S/C25H25NO3/c1-29-23(27)17-18-26(19-20-11-5-2-6-12-20)25(28)24(21-13-7-3-8-14-21)22-15-9-4-10-16-22/h2-16,24H,17-19H2,1H3. The van der Waals surface area contributed by atoms with Crippen LogP contribution in [0.4, 0.5) is 0 Å². The maximum absolute atomic E-state index is 13.7. The van der Waals surface area contributed by atoms with E-state index in [1.165, 1.54) is 7.11 Å². The van der Waals surface area contributed by atoms with Crippen LogP contribution in [0, 0.1) is 0 Å². The van der Waals surface area contributed by atoms with Crippen LogP contribution in [0.5, 0.6) is 0 Å². The van der Waals surface area contributed by atoms with Crippen molar-refractivity contribution in [2.45, 2.75) is 18.9 Å². The van der Waals surface area contributed by atoms with E-state index in [4.69, 9.17) is 4.74 Å². The van der Waals surface area contributed by atoms with Gasteiger partial charge in [0.25, 0.3) is 0 Å². The SMILES string of the molecule is COC(=O)CCN(Cc1ccccc1)C(=O)C(c1ccccc1)c1ccccc1. The van der Waals surface area contributed by atoms with Gasteiger partial charge in [0.05, 0.1) is 19.4 Å². The summed E-state index contributed by atoms with van der Waals surface area (Å²) in [4.78, 5) is 27.2. The summed E-state index contributed by atoms with van der Waals surface area (Å²) in [6.07, 6.45) is 0.158. The number of esters is 1. The Morgan fingerprint density at radius 2 is 1.28 bits per heavy atom. The van der Waals surface area contributed by atoms with Gasteiger partial charge in [-0.2, -0.15) is 0 Å². The van der Waals surface area contributed by atoms with E-state index in [1.54, 1.807) is 4.90 Å². The van der Waals surface area contributed by atoms with Crippen molar-refractivity contribution < 1.29 is 14.3 Å². The van der Waals surface area contributed by atoms with E-state index in [9.17, 15) is 9.59 Å². The lowest BCUT2D eigenvalue weighted by atomic mass is 9.90. The van der Waals surface area contributed by atoms with Crippen LogP contribution < -0.4 is 0 Å². The van der Waals surface area contributed by atoms with E-state index in [-0.39, 0.29) is 18.3 Å². The Labute approximate surface area is 171 Å². The molecule has 3 aromatic rings. The quantitative estimate of drug-likeness (QED) is 0.538. The summed E-state index contributed by atoms with van der Waals surface area (Å²) >= 11 is 0. The minimum Gasteiger partial charge on any atom is -0.469 e. The molecule has 0 aliphatic rings. The Kier molecular flexibility index (Phi) is 7.17. The molecule has 0 fully saturated rings. The van der Waals surface area contributed by atoms with Crippen LogP contribution in [0.1, 0.15) is 29.0 Å². The zero-order valence-electron chi connectivity index (χ0n) is 16.5. The third-order valence-electron chi connectivity index (χ3n) is 4.85. The summed E-state index contributed by atoms with van der Waals surface area (Å²) < 4.78 is 4.78. The molecular weight excluding hydrogens is 362 g/mol. The van der Waals surface area contributed by atoms with E-state index >= 15 is 0 Å². The Morgan fingerprint density at radius 3 is 1.76 bits per heavy atom. The summed E-state index contributed by atoms with van der Waals surface area (Å²) in [5.41, 5.74) is 2.88. The molecule has 0 saturated heterocycles. The molecule has 4 heteroatoms. The molecule has 0 heterocycles. The molecule has 148 valence electrons. The van der Waals surface area contributed by atoms with Crippen molar-refractivity contribution in [2.75, 3.05) is 13.7 Å². The summed E-state index contributed by atoms with van der Waals surface area (Å²) in [7, 11) is 1.36. The number of carbonyl (C=O) groups is 2. The monoisotopic (exact) mass is 387 g/mol. The highest BCUT2D eigenvalue weighted by molar-refractivity contribution is 5.87. The van der Waals surface area contributed by atoms with E-state index < -0.39 is 5.92 Å². The number of rotatable bonds is 8. The molecule has 0 saturated carbocycles. The van der Waals surface area contributed by atoms with Gasteiger partial charge >= 0.3 is 5.97 Å². The number of ether oxygens (including phenoxy) is 1. The molecule has 1 amide bonds. The number of hydrogen-bond donors (Lipinski definition) is 0. The van der Waals surface area contributed by atoms with Crippen molar-refractivity contribution in [2.24, 2.45) is 0 Å². The summed E-state index contributed by atoms with van der Waals surface area (Å²) in [5.74, 6) is -0.791. The largest absolute Gasteiger partial charge is 0.469 e. The fraction of sp³-hybridized carbons (Fsp3) is 0.200. The first kappa shape index (κ1) is 20.3. The van der Waals surface area contributed by atoms with Gasteiger partial charge in [0.15, 0.2) is 0 Å². The minimum absolute atomic E-state index is 0.0323. The van der Waals surface area contributed by atoms with Crippen LogP contribution in [0.25, 0.3) is 0 Å². The first-order valence-electron chi connectivity index (χ1n) is 9.68. The molecule has 0 aliphatic heterocycles. The molecule has 3 rings (SSSR count). The van der Waals surface area contributed by atoms with Crippen molar-refractivity contribution in [3.8, 4) is 0 Å². The smallest absolute Gasteiger partial charge is 0.307 e. The van der Waals surface area contributed by atoms with E-state index in [0.717, 1.165) is 16.7 Å². The number of nitrogens with zero attached hydrogens (tertiary/aromatic N) is 1. The average molecular weight is 387 g/mol. The topological polar surface area (TPSA) is 46.6 Å². The maximum atomic E-state index is 13.7. The van der Waals surface area contributed by atoms with Crippen LogP contribution in [-0.2, 0) is 20.9 Å². The van der Waals surface area contributed by atoms with Gasteiger partial charge in [-0.25, -0.2) is 0 Å². The molecule has 0 unspecified atom stereocenters. The molecule has 0 spiro atoms. The number of carbonyl (C=O) groups excluding carboxylic acids is 2. The Hall–Kier alpha value is -3.40. The van der Waals surface area contributed by atoms with Gasteiger partial charge in [0.1, 0.15) is 0 Å². The van der Waals surface area contributed by atoms with Gasteiger partial charge in [-0.3, -0.25) is 9.59 Å². The van der Waals surface area contributed by atoms with Gasteiger partial charge in [-0.1, -0.05) is 91.0 Å². The third-order valence-corrected chi connectivity index (χ3v) is 4.85. The lowest BCUT2D eigenvalue weighted by molar-refractivity contribution is -0.142. The second kappa shape index (κ2) is 10.2. The summed E-state index contributed by atoms with van der Waals surface area (Å²) in [5, 5.41) is 0. The molecule has 29 heavy (non-hydrogen) atoms. The van der Waals surface area contributed by atoms with E-state index in [0.29, 0.717) is 13.1 Å². The first-order chi connectivity index (χ1) is 14.2. The van der Waals surface area contributed by atoms with Gasteiger partial charge in [0.2, 0.25) is 5.91 Å². The van der Waals surface area contributed by atoms with Crippen LogP contribution in [0.2, 0.25) is 0 Å². The normalized spacial score (nSPS) is 10.6. The molecule has 0 N–H and O–H groups in total. The molecular formula is C25H25NO3. The molecule has 0 aromatic heterocycles. The van der Waals surface area contributed by atoms with Crippen LogP contribution in [0.15, 0.2) is 91.0 Å². The second-order valence-corrected chi connectivity index (χ2v) is 6.83. The molecule has 0 atom stereocenters. The highest BCUT2D eigenvalue weighted by atomic mass is 16.5.